The topological polar surface area (TPSA) is 83.0 Å². The van der Waals surface area contributed by atoms with Crippen LogP contribution in [0, 0.1) is 13.8 Å². The number of thiophene rings is 1. The Balaban J connectivity index is 0.00000272. The maximum atomic E-state index is 13.4. The van der Waals surface area contributed by atoms with E-state index in [4.69, 9.17) is 0 Å². The first-order valence-corrected chi connectivity index (χ1v) is 10.9. The van der Waals surface area contributed by atoms with Crippen LogP contribution in [0.25, 0.3) is 16.6 Å². The summed E-state index contributed by atoms with van der Waals surface area (Å²) in [5, 5.41) is 14.1. The van der Waals surface area contributed by atoms with Crippen molar-refractivity contribution in [3.8, 4) is 0 Å². The second-order valence-corrected chi connectivity index (χ2v) is 8.53. The van der Waals surface area contributed by atoms with Gasteiger partial charge in [0.25, 0.3) is 0 Å². The molecular weight excluding hydrogens is 439 g/mol. The molecule has 0 N–H and O–H groups in total. The van der Waals surface area contributed by atoms with Crippen LogP contribution in [0.2, 0.25) is 0 Å². The van der Waals surface area contributed by atoms with Gasteiger partial charge in [0.2, 0.25) is 0 Å². The molecule has 0 aliphatic carbocycles. The van der Waals surface area contributed by atoms with E-state index in [0.29, 0.717) is 21.5 Å². The maximum Gasteiger partial charge on any atom is 1.00 e. The van der Waals surface area contributed by atoms with E-state index in [-0.39, 0.29) is 52.9 Å². The molecule has 0 spiro atoms. The van der Waals surface area contributed by atoms with Crippen molar-refractivity contribution in [1.82, 2.24) is 8.75 Å². The molecule has 0 aliphatic heterocycles. The molecule has 0 unspecified atom stereocenters. The zero-order valence-electron chi connectivity index (χ0n) is 17.3. The molecule has 0 atom stereocenters. The number of carbonyl (C=O) groups is 2. The molecule has 0 saturated carbocycles. The van der Waals surface area contributed by atoms with E-state index in [1.54, 1.807) is 24.3 Å². The number of carboxylic acid groups (broad SMARTS) is 1. The van der Waals surface area contributed by atoms with Crippen molar-refractivity contribution in [3.05, 3.63) is 86.6 Å². The van der Waals surface area contributed by atoms with Crippen molar-refractivity contribution in [2.45, 2.75) is 20.3 Å². The molecule has 0 saturated heterocycles. The normalized spacial score (nSPS) is 11.7. The molecule has 2 heterocycles. The van der Waals surface area contributed by atoms with Gasteiger partial charge in [-0.25, -0.2) is 0 Å². The van der Waals surface area contributed by atoms with Crippen LogP contribution in [0.4, 0.5) is 0 Å². The number of aliphatic carboxylic acids is 1. The molecule has 8 heteroatoms. The van der Waals surface area contributed by atoms with Crippen molar-refractivity contribution in [2.75, 3.05) is 0 Å². The molecule has 150 valence electrons. The van der Waals surface area contributed by atoms with Gasteiger partial charge < -0.3 is 9.90 Å². The van der Waals surface area contributed by atoms with Crippen LogP contribution in [-0.2, 0) is 11.2 Å². The Morgan fingerprint density at radius 1 is 0.935 bits per heavy atom. The van der Waals surface area contributed by atoms with Crippen LogP contribution < -0.4 is 34.7 Å². The first-order valence-electron chi connectivity index (χ1n) is 9.25. The number of hydrogen-bond donors (Lipinski definition) is 0. The van der Waals surface area contributed by atoms with E-state index in [9.17, 15) is 14.7 Å². The number of aryl methyl sites for hydroxylation is 2. The molecule has 5 nitrogen and oxygen atoms in total. The van der Waals surface area contributed by atoms with E-state index in [1.165, 1.54) is 11.3 Å². The van der Waals surface area contributed by atoms with E-state index >= 15 is 0 Å². The van der Waals surface area contributed by atoms with Gasteiger partial charge in [-0.3, -0.25) is 4.79 Å². The van der Waals surface area contributed by atoms with Gasteiger partial charge in [-0.15, -0.1) is 11.3 Å². The summed E-state index contributed by atoms with van der Waals surface area (Å²) >= 11 is 2.37. The average Bonchev–Trinajstić information content (AvgIpc) is 3.36. The molecule has 2 aromatic carbocycles. The van der Waals surface area contributed by atoms with Crippen LogP contribution in [0.5, 0.6) is 0 Å². The first-order chi connectivity index (χ1) is 14.4. The number of fused-ring (bicyclic) bond motifs is 1. The first kappa shape index (κ1) is 23.5. The number of carbonyl (C=O) groups excluding carboxylic acids is 2. The van der Waals surface area contributed by atoms with E-state index < -0.39 is 5.97 Å². The van der Waals surface area contributed by atoms with Gasteiger partial charge in [0, 0.05) is 17.6 Å². The minimum Gasteiger partial charge on any atom is -0.545 e. The van der Waals surface area contributed by atoms with Crippen molar-refractivity contribution in [2.24, 2.45) is 0 Å². The van der Waals surface area contributed by atoms with Gasteiger partial charge >= 0.3 is 29.6 Å². The minimum atomic E-state index is -1.39. The quantitative estimate of drug-likeness (QED) is 0.246. The Labute approximate surface area is 210 Å². The Kier molecular flexibility index (Phi) is 7.56. The second-order valence-electron chi connectivity index (χ2n) is 7.09. The summed E-state index contributed by atoms with van der Waals surface area (Å²) in [6.07, 6.45) is 0.187. The minimum absolute atomic E-state index is 0. The zero-order valence-corrected chi connectivity index (χ0v) is 21.0. The molecule has 0 aliphatic rings. The molecule has 0 bridgehead atoms. The molecule has 31 heavy (non-hydrogen) atoms. The number of benzene rings is 2. The predicted molar refractivity (Wildman–Crippen MR) is 118 cm³/mol. The summed E-state index contributed by atoms with van der Waals surface area (Å²) in [5.41, 5.74) is 4.65. The van der Waals surface area contributed by atoms with Gasteiger partial charge in [-0.05, 0) is 54.1 Å². The van der Waals surface area contributed by atoms with Crippen LogP contribution >= 0.6 is 23.1 Å². The SMILES string of the molecule is Cc1ccc(CC(C(=O)c2cc(C)cs2)=C(C(=O)[O-])c2ccc3nsnc3c2)cc1.[Na+]. The fourth-order valence-corrected chi connectivity index (χ4v) is 4.63. The number of Topliss-reactive ketones (excluding diaryl/α,β-unsaturated/α-hetero) is 1. The molecule has 2 aromatic heterocycles. The molecule has 0 radical (unpaired) electrons. The third-order valence-electron chi connectivity index (χ3n) is 4.78. The standard InChI is InChI=1S/C23H18N2O3S2.Na/c1-13-3-5-15(6-4-13)10-17(22(26)20-9-14(2)12-29-20)21(23(27)28)16-7-8-18-19(11-16)25-30-24-18;/h3-9,11-12H,10H2,1-2H3,(H,27,28);/q;+1/p-1. The summed E-state index contributed by atoms with van der Waals surface area (Å²) < 4.78 is 8.35. The van der Waals surface area contributed by atoms with Gasteiger partial charge in [-0.1, -0.05) is 35.9 Å². The summed E-state index contributed by atoms with van der Waals surface area (Å²) in [6, 6.07) is 14.5. The number of hydrogen-bond acceptors (Lipinski definition) is 7. The van der Waals surface area contributed by atoms with Gasteiger partial charge in [0.1, 0.15) is 11.0 Å². The summed E-state index contributed by atoms with van der Waals surface area (Å²) in [4.78, 5) is 26.2. The third kappa shape index (κ3) is 5.19. The fraction of sp³-hybridized carbons (Fsp3) is 0.130. The van der Waals surface area contributed by atoms with Crippen molar-refractivity contribution >= 4 is 51.4 Å². The predicted octanol–water partition coefficient (Wildman–Crippen LogP) is 1.00. The number of ketones is 1. The Morgan fingerprint density at radius 2 is 1.65 bits per heavy atom. The summed E-state index contributed by atoms with van der Waals surface area (Å²) in [6.45, 7) is 3.88. The molecule has 4 aromatic rings. The van der Waals surface area contributed by atoms with E-state index in [1.807, 2.05) is 43.5 Å². The largest absolute Gasteiger partial charge is 1.00 e. The second kappa shape index (κ2) is 9.97. The molecule has 0 amide bonds. The average molecular weight is 457 g/mol. The third-order valence-corrected chi connectivity index (χ3v) is 6.38. The van der Waals surface area contributed by atoms with Crippen molar-refractivity contribution in [1.29, 1.82) is 0 Å². The Hall–Kier alpha value is -2.16. The molecule has 4 rings (SSSR count). The van der Waals surface area contributed by atoms with Crippen LogP contribution in [0.15, 0.2) is 59.5 Å². The molecule has 0 fully saturated rings. The van der Waals surface area contributed by atoms with Gasteiger partial charge in [-0.2, -0.15) is 8.75 Å². The van der Waals surface area contributed by atoms with Crippen LogP contribution in [0.3, 0.4) is 0 Å². The number of aromatic nitrogens is 2. The van der Waals surface area contributed by atoms with Crippen LogP contribution in [0.1, 0.15) is 31.9 Å². The van der Waals surface area contributed by atoms with Crippen molar-refractivity contribution < 1.29 is 44.3 Å². The van der Waals surface area contributed by atoms with Gasteiger partial charge in [0.15, 0.2) is 5.78 Å². The number of rotatable bonds is 6. The monoisotopic (exact) mass is 456 g/mol. The summed E-state index contributed by atoms with van der Waals surface area (Å²) in [7, 11) is 0. The maximum absolute atomic E-state index is 13.4. The van der Waals surface area contributed by atoms with Gasteiger partial charge in [0.05, 0.1) is 22.6 Å². The molecular formula is C23H17N2NaO3S2. The zero-order chi connectivity index (χ0) is 21.3. The summed E-state index contributed by atoms with van der Waals surface area (Å²) in [5.74, 6) is -1.69. The Bertz CT molecular complexity index is 1290. The number of nitrogens with zero attached hydrogens (tertiary/aromatic N) is 2. The fourth-order valence-electron chi connectivity index (χ4n) is 3.24. The van der Waals surface area contributed by atoms with E-state index in [2.05, 4.69) is 8.75 Å². The van der Waals surface area contributed by atoms with E-state index in [0.717, 1.165) is 28.4 Å². The van der Waals surface area contributed by atoms with Crippen LogP contribution in [-0.4, -0.2) is 20.5 Å². The Morgan fingerprint density at radius 3 is 2.29 bits per heavy atom. The number of carboxylic acids is 1. The number of allylic oxidation sites excluding steroid dienone is 1. The van der Waals surface area contributed by atoms with Crippen molar-refractivity contribution in [3.63, 3.8) is 0 Å². The smallest absolute Gasteiger partial charge is 0.545 e.